The van der Waals surface area contributed by atoms with Gasteiger partial charge in [0.1, 0.15) is 12.1 Å². The standard InChI is InChI=1S/C18H17F3N4O/c1-12(10-22)13-2-4-14(5-3-13)17-23-11-25(24-17)15-6-8-16(9-7-15)26-18(19,20)21/h2-9,11-12H,10,22H2,1H3. The first-order chi connectivity index (χ1) is 12.4. The number of hydrogen-bond donors (Lipinski definition) is 1. The maximum absolute atomic E-state index is 12.2. The molecule has 26 heavy (non-hydrogen) atoms. The molecule has 0 aliphatic heterocycles. The molecular weight excluding hydrogens is 345 g/mol. The van der Waals surface area contributed by atoms with E-state index < -0.39 is 6.36 Å². The number of hydrogen-bond acceptors (Lipinski definition) is 4. The van der Waals surface area contributed by atoms with Crippen molar-refractivity contribution >= 4 is 0 Å². The van der Waals surface area contributed by atoms with Gasteiger partial charge in [0, 0.05) is 5.56 Å². The summed E-state index contributed by atoms with van der Waals surface area (Å²) in [6, 6.07) is 13.2. The third kappa shape index (κ3) is 4.20. The molecule has 5 nitrogen and oxygen atoms in total. The molecule has 8 heteroatoms. The molecule has 3 aromatic rings. The van der Waals surface area contributed by atoms with Crippen molar-refractivity contribution in [1.29, 1.82) is 0 Å². The first kappa shape index (κ1) is 17.9. The Morgan fingerprint density at radius 1 is 1.08 bits per heavy atom. The van der Waals surface area contributed by atoms with E-state index in [1.54, 1.807) is 0 Å². The van der Waals surface area contributed by atoms with Crippen LogP contribution in [0.3, 0.4) is 0 Å². The highest BCUT2D eigenvalue weighted by Crippen LogP contribution is 2.24. The largest absolute Gasteiger partial charge is 0.573 e. The first-order valence-corrected chi connectivity index (χ1v) is 7.94. The highest BCUT2D eigenvalue weighted by molar-refractivity contribution is 5.55. The lowest BCUT2D eigenvalue weighted by atomic mass is 10.00. The van der Waals surface area contributed by atoms with E-state index in [1.165, 1.54) is 35.3 Å². The number of nitrogens with zero attached hydrogens (tertiary/aromatic N) is 3. The van der Waals surface area contributed by atoms with Crippen molar-refractivity contribution in [3.05, 3.63) is 60.4 Å². The summed E-state index contributed by atoms with van der Waals surface area (Å²) in [5.41, 5.74) is 8.22. The topological polar surface area (TPSA) is 66.0 Å². The second-order valence-corrected chi connectivity index (χ2v) is 5.81. The van der Waals surface area contributed by atoms with Gasteiger partial charge in [-0.05, 0) is 42.3 Å². The highest BCUT2D eigenvalue weighted by atomic mass is 19.4. The van der Waals surface area contributed by atoms with Crippen LogP contribution in [-0.4, -0.2) is 27.7 Å². The van der Waals surface area contributed by atoms with Crippen LogP contribution in [0.5, 0.6) is 5.75 Å². The number of alkyl halides is 3. The van der Waals surface area contributed by atoms with Crippen molar-refractivity contribution in [2.75, 3.05) is 6.54 Å². The van der Waals surface area contributed by atoms with Crippen molar-refractivity contribution in [3.8, 4) is 22.8 Å². The van der Waals surface area contributed by atoms with E-state index in [2.05, 4.69) is 14.8 Å². The Balaban J connectivity index is 1.77. The van der Waals surface area contributed by atoms with Gasteiger partial charge in [-0.25, -0.2) is 9.67 Å². The summed E-state index contributed by atoms with van der Waals surface area (Å²) >= 11 is 0. The number of nitrogens with two attached hydrogens (primary N) is 1. The molecule has 0 saturated heterocycles. The lowest BCUT2D eigenvalue weighted by Crippen LogP contribution is -2.17. The molecule has 3 rings (SSSR count). The molecule has 1 atom stereocenters. The quantitative estimate of drug-likeness (QED) is 0.748. The zero-order valence-electron chi connectivity index (χ0n) is 13.9. The first-order valence-electron chi connectivity index (χ1n) is 7.94. The molecule has 0 fully saturated rings. The number of ether oxygens (including phenoxy) is 1. The van der Waals surface area contributed by atoms with Crippen LogP contribution in [0.1, 0.15) is 18.4 Å². The molecule has 1 aromatic heterocycles. The van der Waals surface area contributed by atoms with Gasteiger partial charge in [-0.3, -0.25) is 0 Å². The predicted octanol–water partition coefficient (Wildman–Crippen LogP) is 3.90. The average Bonchev–Trinajstić information content (AvgIpc) is 3.10. The van der Waals surface area contributed by atoms with E-state index >= 15 is 0 Å². The number of aromatic nitrogens is 3. The minimum atomic E-state index is -4.71. The van der Waals surface area contributed by atoms with E-state index in [1.807, 2.05) is 31.2 Å². The number of benzene rings is 2. The molecule has 136 valence electrons. The summed E-state index contributed by atoms with van der Waals surface area (Å²) < 4.78 is 41.9. The Morgan fingerprint density at radius 3 is 2.31 bits per heavy atom. The van der Waals surface area contributed by atoms with Crippen LogP contribution in [0.2, 0.25) is 0 Å². The van der Waals surface area contributed by atoms with Gasteiger partial charge >= 0.3 is 6.36 Å². The Labute approximate surface area is 148 Å². The van der Waals surface area contributed by atoms with Gasteiger partial charge in [-0.1, -0.05) is 31.2 Å². The zero-order valence-corrected chi connectivity index (χ0v) is 13.9. The summed E-state index contributed by atoms with van der Waals surface area (Å²) in [7, 11) is 0. The van der Waals surface area contributed by atoms with Gasteiger partial charge in [-0.15, -0.1) is 18.3 Å². The van der Waals surface area contributed by atoms with E-state index in [0.29, 0.717) is 18.1 Å². The van der Waals surface area contributed by atoms with Gasteiger partial charge in [0.25, 0.3) is 0 Å². The van der Waals surface area contributed by atoms with Crippen LogP contribution in [0.15, 0.2) is 54.9 Å². The fourth-order valence-corrected chi connectivity index (χ4v) is 2.42. The van der Waals surface area contributed by atoms with Crippen LogP contribution in [0, 0.1) is 0 Å². The molecule has 2 aromatic carbocycles. The van der Waals surface area contributed by atoms with Crippen molar-refractivity contribution in [1.82, 2.24) is 14.8 Å². The van der Waals surface area contributed by atoms with Crippen LogP contribution in [-0.2, 0) is 0 Å². The van der Waals surface area contributed by atoms with Gasteiger partial charge in [0.05, 0.1) is 5.69 Å². The zero-order chi connectivity index (χ0) is 18.7. The average molecular weight is 362 g/mol. The molecule has 0 saturated carbocycles. The lowest BCUT2D eigenvalue weighted by molar-refractivity contribution is -0.274. The van der Waals surface area contributed by atoms with Gasteiger partial charge in [-0.2, -0.15) is 0 Å². The van der Waals surface area contributed by atoms with E-state index in [4.69, 9.17) is 5.73 Å². The Morgan fingerprint density at radius 2 is 1.73 bits per heavy atom. The third-order valence-electron chi connectivity index (χ3n) is 3.92. The smallest absolute Gasteiger partial charge is 0.406 e. The van der Waals surface area contributed by atoms with Crippen molar-refractivity contribution in [2.24, 2.45) is 5.73 Å². The Hall–Kier alpha value is -2.87. The number of halogens is 3. The summed E-state index contributed by atoms with van der Waals surface area (Å²) in [5.74, 6) is 0.505. The lowest BCUT2D eigenvalue weighted by Gasteiger charge is -2.09. The molecule has 1 heterocycles. The number of rotatable bonds is 5. The third-order valence-corrected chi connectivity index (χ3v) is 3.92. The normalized spacial score (nSPS) is 12.8. The SMILES string of the molecule is CC(CN)c1ccc(-c2ncn(-c3ccc(OC(F)(F)F)cc3)n2)cc1. The van der Waals surface area contributed by atoms with E-state index in [9.17, 15) is 13.2 Å². The van der Waals surface area contributed by atoms with Crippen LogP contribution >= 0.6 is 0 Å². The summed E-state index contributed by atoms with van der Waals surface area (Å²) in [6.45, 7) is 2.62. The van der Waals surface area contributed by atoms with E-state index in [-0.39, 0.29) is 11.7 Å². The molecule has 0 radical (unpaired) electrons. The second kappa shape index (κ2) is 7.17. The minimum Gasteiger partial charge on any atom is -0.406 e. The van der Waals surface area contributed by atoms with Gasteiger partial charge in [0.2, 0.25) is 0 Å². The molecule has 1 unspecified atom stereocenters. The summed E-state index contributed by atoms with van der Waals surface area (Å²) in [5, 5.41) is 4.37. The molecule has 0 spiro atoms. The summed E-state index contributed by atoms with van der Waals surface area (Å²) in [6.07, 6.45) is -3.21. The Bertz CT molecular complexity index is 857. The second-order valence-electron chi connectivity index (χ2n) is 5.81. The van der Waals surface area contributed by atoms with Gasteiger partial charge < -0.3 is 10.5 Å². The predicted molar refractivity (Wildman–Crippen MR) is 90.9 cm³/mol. The molecule has 0 bridgehead atoms. The molecule has 0 aliphatic carbocycles. The van der Waals surface area contributed by atoms with Crippen molar-refractivity contribution in [3.63, 3.8) is 0 Å². The summed E-state index contributed by atoms with van der Waals surface area (Å²) in [4.78, 5) is 4.26. The fourth-order valence-electron chi connectivity index (χ4n) is 2.42. The van der Waals surface area contributed by atoms with Crippen LogP contribution in [0.25, 0.3) is 17.1 Å². The van der Waals surface area contributed by atoms with Crippen LogP contribution in [0.4, 0.5) is 13.2 Å². The Kier molecular flexibility index (Phi) is 4.94. The maximum atomic E-state index is 12.2. The minimum absolute atomic E-state index is 0.270. The van der Waals surface area contributed by atoms with Crippen molar-refractivity contribution < 1.29 is 17.9 Å². The van der Waals surface area contributed by atoms with Crippen LogP contribution < -0.4 is 10.5 Å². The molecular formula is C18H17F3N4O. The van der Waals surface area contributed by atoms with Gasteiger partial charge in [0.15, 0.2) is 5.82 Å². The maximum Gasteiger partial charge on any atom is 0.573 e. The van der Waals surface area contributed by atoms with E-state index in [0.717, 1.165) is 11.1 Å². The monoisotopic (exact) mass is 362 g/mol. The fraction of sp³-hybridized carbons (Fsp3) is 0.222. The molecule has 2 N–H and O–H groups in total. The molecule has 0 aliphatic rings. The van der Waals surface area contributed by atoms with Crippen molar-refractivity contribution in [2.45, 2.75) is 19.2 Å². The molecule has 0 amide bonds. The highest BCUT2D eigenvalue weighted by Gasteiger charge is 2.30.